The van der Waals surface area contributed by atoms with Crippen LogP contribution in [0.1, 0.15) is 71.6 Å². The number of ketones is 1. The second kappa shape index (κ2) is 15.6. The molecule has 2 amide bonds. The van der Waals surface area contributed by atoms with Gasteiger partial charge in [0.25, 0.3) is 5.91 Å². The van der Waals surface area contributed by atoms with E-state index < -0.39 is 23.9 Å². The fourth-order valence-electron chi connectivity index (χ4n) is 4.71. The van der Waals surface area contributed by atoms with Crippen molar-refractivity contribution in [1.82, 2.24) is 15.6 Å². The first-order chi connectivity index (χ1) is 20.8. The first-order valence-electron chi connectivity index (χ1n) is 14.7. The monoisotopic (exact) mass is 587 g/mol. The number of carbonyl (C=O) groups is 4. The van der Waals surface area contributed by atoms with Gasteiger partial charge in [-0.3, -0.25) is 14.4 Å². The van der Waals surface area contributed by atoms with Crippen LogP contribution in [0.25, 0.3) is 0 Å². The molecule has 10 nitrogen and oxygen atoms in total. The zero-order valence-corrected chi connectivity index (χ0v) is 24.6. The highest BCUT2D eigenvalue weighted by Crippen LogP contribution is 2.17. The number of aldehydes is 1. The van der Waals surface area contributed by atoms with Gasteiger partial charge in [0.1, 0.15) is 23.8 Å². The Hall–Kier alpha value is -4.60. The van der Waals surface area contributed by atoms with Crippen LogP contribution < -0.4 is 25.1 Å². The predicted octanol–water partition coefficient (Wildman–Crippen LogP) is 3.33. The van der Waals surface area contributed by atoms with Crippen molar-refractivity contribution in [2.75, 3.05) is 13.2 Å². The van der Waals surface area contributed by atoms with E-state index in [1.54, 1.807) is 0 Å². The second-order valence-corrected chi connectivity index (χ2v) is 11.1. The maximum Gasteiger partial charge on any atom is 0.276 e. The number of carbonyl (C=O) groups excluding carboxylic acids is 4. The molecule has 0 saturated carbocycles. The molecule has 3 aromatic rings. The molecule has 0 radical (unpaired) electrons. The van der Waals surface area contributed by atoms with E-state index in [4.69, 9.17) is 9.47 Å². The maximum absolute atomic E-state index is 13.3. The fraction of sp³-hybridized carbons (Fsp3) is 0.394. The molecule has 7 rings (SSSR count). The zero-order valence-electron chi connectivity index (χ0n) is 24.6. The number of rotatable bonds is 5. The lowest BCUT2D eigenvalue weighted by atomic mass is 10.0. The van der Waals surface area contributed by atoms with Crippen molar-refractivity contribution >= 4 is 23.9 Å². The maximum atomic E-state index is 13.3. The summed E-state index contributed by atoms with van der Waals surface area (Å²) in [6.07, 6.45) is 6.53. The number of hydrogen-bond donors (Lipinski definition) is 2. The minimum absolute atomic E-state index is 0.0301. The van der Waals surface area contributed by atoms with Gasteiger partial charge in [0.15, 0.2) is 29.6 Å². The second-order valence-electron chi connectivity index (χ2n) is 11.1. The number of benzene rings is 2. The molecule has 0 fully saturated rings. The van der Waals surface area contributed by atoms with Crippen molar-refractivity contribution in [1.29, 1.82) is 0 Å². The standard InChI is InChI=1S/C33H38N4O6/c1-22(2)17-25(21-38)35-32(40)28-18-24-7-12-27(13-8-24)43-16-4-3-15-42-26-10-5-23(6-11-26)9-14-31(39)29-19-34-20-30(36-29)33(41)37-28/h5-8,10-13,19-22,25,28H,3-4,9,14-18H2,1-2H3,(H,35,40)(H,37,41)/p+1/t25-,28-/m0/s1. The Balaban J connectivity index is 1.57. The van der Waals surface area contributed by atoms with E-state index in [-0.39, 0.29) is 35.9 Å². The van der Waals surface area contributed by atoms with E-state index in [9.17, 15) is 19.2 Å². The van der Waals surface area contributed by atoms with Crippen molar-refractivity contribution in [3.05, 3.63) is 83.4 Å². The summed E-state index contributed by atoms with van der Waals surface area (Å²) in [5, 5.41) is 5.51. The van der Waals surface area contributed by atoms with Gasteiger partial charge >= 0.3 is 0 Å². The Bertz CT molecular complexity index is 1390. The Kier molecular flexibility index (Phi) is 11.4. The van der Waals surface area contributed by atoms with Crippen molar-refractivity contribution in [2.24, 2.45) is 5.92 Å². The van der Waals surface area contributed by atoms with Crippen LogP contribution in [0, 0.1) is 5.92 Å². The summed E-state index contributed by atoms with van der Waals surface area (Å²) in [6.45, 7) is 5.01. The molecule has 43 heavy (non-hydrogen) atoms. The third kappa shape index (κ3) is 9.73. The summed E-state index contributed by atoms with van der Waals surface area (Å²) in [5.74, 6) is 0.314. The Morgan fingerprint density at radius 2 is 1.56 bits per heavy atom. The van der Waals surface area contributed by atoms with Crippen LogP contribution in [0.15, 0.2) is 60.9 Å². The lowest BCUT2D eigenvalue weighted by Gasteiger charge is -2.21. The van der Waals surface area contributed by atoms with E-state index in [1.165, 1.54) is 12.4 Å². The third-order valence-electron chi connectivity index (χ3n) is 7.04. The highest BCUT2D eigenvalue weighted by molar-refractivity contribution is 5.98. The molecule has 2 aromatic carbocycles. The minimum atomic E-state index is -0.997. The fourth-order valence-corrected chi connectivity index (χ4v) is 4.71. The van der Waals surface area contributed by atoms with Gasteiger partial charge in [-0.05, 0) is 67.0 Å². The summed E-state index contributed by atoms with van der Waals surface area (Å²) in [5.41, 5.74) is 1.86. The number of aromatic amines is 1. The highest BCUT2D eigenvalue weighted by Gasteiger charge is 2.26. The molecule has 5 heterocycles. The lowest BCUT2D eigenvalue weighted by Crippen LogP contribution is -2.51. The van der Waals surface area contributed by atoms with Gasteiger partial charge in [-0.1, -0.05) is 38.1 Å². The summed E-state index contributed by atoms with van der Waals surface area (Å²) in [7, 11) is 0. The molecule has 0 aliphatic carbocycles. The van der Waals surface area contributed by atoms with Crippen LogP contribution in [0.4, 0.5) is 0 Å². The number of amides is 2. The van der Waals surface area contributed by atoms with Crippen LogP contribution in [-0.2, 0) is 22.4 Å². The van der Waals surface area contributed by atoms with Crippen molar-refractivity contribution in [3.8, 4) is 11.5 Å². The lowest BCUT2D eigenvalue weighted by molar-refractivity contribution is -0.379. The smallest absolute Gasteiger partial charge is 0.276 e. The van der Waals surface area contributed by atoms with Crippen LogP contribution in [0.2, 0.25) is 0 Å². The summed E-state index contributed by atoms with van der Waals surface area (Å²) in [4.78, 5) is 58.3. The Morgan fingerprint density at radius 1 is 0.953 bits per heavy atom. The Morgan fingerprint density at radius 3 is 2.16 bits per heavy atom. The Labute approximate surface area is 251 Å². The molecule has 1 aromatic heterocycles. The van der Waals surface area contributed by atoms with Crippen molar-refractivity contribution < 1.29 is 33.6 Å². The zero-order chi connectivity index (χ0) is 30.6. The summed E-state index contributed by atoms with van der Waals surface area (Å²) < 4.78 is 11.7. The quantitative estimate of drug-likeness (QED) is 0.437. The van der Waals surface area contributed by atoms with E-state index in [0.717, 1.165) is 29.7 Å². The van der Waals surface area contributed by atoms with Gasteiger partial charge < -0.3 is 24.9 Å². The minimum Gasteiger partial charge on any atom is -0.494 e. The normalized spacial score (nSPS) is 17.2. The third-order valence-corrected chi connectivity index (χ3v) is 7.04. The van der Waals surface area contributed by atoms with Crippen LogP contribution in [0.3, 0.4) is 0 Å². The molecule has 226 valence electrons. The van der Waals surface area contributed by atoms with E-state index in [1.807, 2.05) is 62.4 Å². The van der Waals surface area contributed by atoms with Gasteiger partial charge in [-0.25, -0.2) is 9.97 Å². The number of aromatic nitrogens is 2. The van der Waals surface area contributed by atoms with Gasteiger partial charge in [0.05, 0.1) is 19.3 Å². The number of ether oxygens (including phenoxy) is 2. The molecule has 4 aliphatic rings. The number of nitrogens with zero attached hydrogens (tertiary/aromatic N) is 1. The molecular formula is C33H39N4O6+. The van der Waals surface area contributed by atoms with Gasteiger partial charge in [0, 0.05) is 12.8 Å². The molecule has 0 saturated heterocycles. The molecule has 0 unspecified atom stereocenters. The van der Waals surface area contributed by atoms with E-state index >= 15 is 0 Å². The molecule has 2 atom stereocenters. The van der Waals surface area contributed by atoms with Crippen LogP contribution in [-0.4, -0.2) is 54.2 Å². The molecule has 4 aliphatic heterocycles. The highest BCUT2D eigenvalue weighted by atomic mass is 16.5. The molecular weight excluding hydrogens is 548 g/mol. The number of hydrogen-bond acceptors (Lipinski definition) is 7. The van der Waals surface area contributed by atoms with Crippen molar-refractivity contribution in [3.63, 3.8) is 0 Å². The van der Waals surface area contributed by atoms with Crippen molar-refractivity contribution in [2.45, 2.75) is 64.5 Å². The van der Waals surface area contributed by atoms with Gasteiger partial charge in [-0.2, -0.15) is 0 Å². The first kappa shape index (κ1) is 31.3. The summed E-state index contributed by atoms with van der Waals surface area (Å²) in [6, 6.07) is 13.3. The number of Topliss-reactive ketones (excluding diaryl/α,β-unsaturated/α-hetero) is 1. The average Bonchev–Trinajstić information content (AvgIpc) is 3.01. The molecule has 10 heteroatoms. The van der Waals surface area contributed by atoms with Crippen LogP contribution in [0.5, 0.6) is 11.5 Å². The molecule has 6 bridgehead atoms. The van der Waals surface area contributed by atoms with E-state index in [2.05, 4.69) is 20.6 Å². The number of aryl methyl sites for hydroxylation is 1. The number of H-pyrrole nitrogens is 1. The average molecular weight is 588 g/mol. The topological polar surface area (TPSA) is 138 Å². The number of nitrogens with one attached hydrogen (secondary N) is 3. The van der Waals surface area contributed by atoms with Gasteiger partial charge in [-0.15, -0.1) is 0 Å². The largest absolute Gasteiger partial charge is 0.494 e. The van der Waals surface area contributed by atoms with E-state index in [0.29, 0.717) is 38.1 Å². The molecule has 0 spiro atoms. The SMILES string of the molecule is CC(C)C[C@@H](C=O)NC(=O)[C@@H]1Cc2ccc(cc2)OCCCCOc2ccc(cc2)CCC(=O)c2c[nH+]cc(n2)C(=O)N1. The molecule has 3 N–H and O–H groups in total. The first-order valence-corrected chi connectivity index (χ1v) is 14.7. The van der Waals surface area contributed by atoms with Crippen LogP contribution >= 0.6 is 0 Å². The van der Waals surface area contributed by atoms with Gasteiger partial charge in [0.2, 0.25) is 5.91 Å². The summed E-state index contributed by atoms with van der Waals surface area (Å²) >= 11 is 0. The predicted molar refractivity (Wildman–Crippen MR) is 159 cm³/mol.